The maximum absolute atomic E-state index is 13.8. The lowest BCUT2D eigenvalue weighted by Crippen LogP contribution is -2.40. The Kier molecular flexibility index (Phi) is 7.39. The highest BCUT2D eigenvalue weighted by molar-refractivity contribution is 14.1. The molecule has 0 radical (unpaired) electrons. The number of para-hydroxylation sites is 1. The highest BCUT2D eigenvalue weighted by atomic mass is 127. The Hall–Kier alpha value is -2.73. The lowest BCUT2D eigenvalue weighted by molar-refractivity contribution is -0.113. The number of phenolic OH excluding ortho intramolecular Hbond substituents is 1. The fourth-order valence-electron chi connectivity index (χ4n) is 4.13. The molecule has 6 nitrogen and oxygen atoms in total. The van der Waals surface area contributed by atoms with E-state index >= 15 is 0 Å². The summed E-state index contributed by atoms with van der Waals surface area (Å²) in [5, 5.41) is 14.0. The molecule has 0 aliphatic carbocycles. The zero-order valence-corrected chi connectivity index (χ0v) is 24.5. The number of nitrogens with zero attached hydrogens (tertiary/aromatic N) is 2. The highest BCUT2D eigenvalue weighted by Crippen LogP contribution is 2.32. The minimum Gasteiger partial charge on any atom is -0.506 e. The molecule has 2 heterocycles. The summed E-state index contributed by atoms with van der Waals surface area (Å²) in [6.07, 6.45) is 1.65. The number of rotatable bonds is 4. The summed E-state index contributed by atoms with van der Waals surface area (Å²) in [5.74, 6) is -0.260. The minimum absolute atomic E-state index is 0.0861. The van der Waals surface area contributed by atoms with Crippen molar-refractivity contribution in [3.8, 4) is 5.75 Å². The third-order valence-electron chi connectivity index (χ3n) is 5.83. The largest absolute Gasteiger partial charge is 0.506 e. The molecule has 10 heteroatoms. The molecule has 1 aliphatic rings. The molecule has 186 valence electrons. The Bertz CT molecular complexity index is 1750. The first-order valence-electron chi connectivity index (χ1n) is 11.1. The number of nitrogens with one attached hydrogen (secondary N) is 1. The lowest BCUT2D eigenvalue weighted by Gasteiger charge is -2.25. The number of fused-ring (bicyclic) bond motifs is 1. The molecule has 0 bridgehead atoms. The number of hydrogen-bond donors (Lipinski definition) is 2. The molecule has 1 aliphatic heterocycles. The number of anilines is 1. The monoisotopic (exact) mass is 705 g/mol. The number of halogens is 3. The number of thiazole rings is 1. The van der Waals surface area contributed by atoms with Gasteiger partial charge in [0.05, 0.1) is 25.4 Å². The molecule has 0 fully saturated rings. The van der Waals surface area contributed by atoms with E-state index in [-0.39, 0.29) is 17.2 Å². The van der Waals surface area contributed by atoms with Gasteiger partial charge in [-0.1, -0.05) is 69.2 Å². The van der Waals surface area contributed by atoms with Gasteiger partial charge in [0.15, 0.2) is 4.80 Å². The van der Waals surface area contributed by atoms with Crippen LogP contribution in [0.5, 0.6) is 5.75 Å². The van der Waals surface area contributed by atoms with Crippen molar-refractivity contribution in [2.75, 3.05) is 5.32 Å². The van der Waals surface area contributed by atoms with Crippen molar-refractivity contribution in [2.45, 2.75) is 13.0 Å². The van der Waals surface area contributed by atoms with Gasteiger partial charge >= 0.3 is 0 Å². The molecule has 5 rings (SSSR count). The molecular weight excluding hydrogens is 689 g/mol. The van der Waals surface area contributed by atoms with E-state index < -0.39 is 6.04 Å². The smallest absolute Gasteiger partial charge is 0.271 e. The van der Waals surface area contributed by atoms with Crippen LogP contribution in [0.2, 0.25) is 5.02 Å². The molecule has 1 atom stereocenters. The van der Waals surface area contributed by atoms with Crippen LogP contribution in [-0.2, 0) is 4.79 Å². The summed E-state index contributed by atoms with van der Waals surface area (Å²) in [5.41, 5.74) is 2.44. The summed E-state index contributed by atoms with van der Waals surface area (Å²) in [6.45, 7) is 1.77. The molecule has 0 saturated heterocycles. The molecule has 1 amide bonds. The molecule has 4 aromatic rings. The van der Waals surface area contributed by atoms with E-state index in [9.17, 15) is 14.7 Å². The van der Waals surface area contributed by atoms with E-state index in [0.717, 1.165) is 10.0 Å². The van der Waals surface area contributed by atoms with Crippen molar-refractivity contribution in [3.63, 3.8) is 0 Å². The average molecular weight is 707 g/mol. The predicted octanol–water partition coefficient (Wildman–Crippen LogP) is 5.60. The van der Waals surface area contributed by atoms with Crippen LogP contribution in [-0.4, -0.2) is 15.6 Å². The first kappa shape index (κ1) is 25.9. The normalized spacial score (nSPS) is 15.4. The quantitative estimate of drug-likeness (QED) is 0.271. The van der Waals surface area contributed by atoms with Crippen LogP contribution in [0, 0.1) is 3.57 Å². The van der Waals surface area contributed by atoms with Crippen LogP contribution in [0.15, 0.2) is 92.3 Å². The minimum atomic E-state index is -0.712. The van der Waals surface area contributed by atoms with E-state index in [1.54, 1.807) is 61.5 Å². The maximum Gasteiger partial charge on any atom is 0.271 e. The van der Waals surface area contributed by atoms with Crippen molar-refractivity contribution in [1.29, 1.82) is 0 Å². The van der Waals surface area contributed by atoms with Crippen LogP contribution in [0.1, 0.15) is 24.1 Å². The van der Waals surface area contributed by atoms with Crippen LogP contribution in [0.4, 0.5) is 5.69 Å². The number of carbonyl (C=O) groups is 1. The number of hydrogen-bond acceptors (Lipinski definition) is 5. The van der Waals surface area contributed by atoms with E-state index in [1.807, 2.05) is 40.8 Å². The second-order valence-corrected chi connectivity index (χ2v) is 11.8. The van der Waals surface area contributed by atoms with Crippen LogP contribution >= 0.6 is 61.5 Å². The van der Waals surface area contributed by atoms with Crippen LogP contribution in [0.25, 0.3) is 6.08 Å². The summed E-state index contributed by atoms with van der Waals surface area (Å²) < 4.78 is 3.36. The Labute approximate surface area is 242 Å². The van der Waals surface area contributed by atoms with Gasteiger partial charge in [-0.25, -0.2) is 4.99 Å². The van der Waals surface area contributed by atoms with Gasteiger partial charge in [-0.15, -0.1) is 0 Å². The topological polar surface area (TPSA) is 83.7 Å². The first-order chi connectivity index (χ1) is 17.7. The van der Waals surface area contributed by atoms with Gasteiger partial charge in [0.1, 0.15) is 5.75 Å². The predicted molar refractivity (Wildman–Crippen MR) is 159 cm³/mol. The molecule has 1 aromatic heterocycles. The number of phenols is 1. The number of benzene rings is 3. The van der Waals surface area contributed by atoms with Crippen molar-refractivity contribution >= 4 is 79.1 Å². The summed E-state index contributed by atoms with van der Waals surface area (Å²) in [4.78, 5) is 32.5. The zero-order chi connectivity index (χ0) is 26.3. The SMILES string of the molecule is CC1=C(C(=O)Nc2ccccc2)[C@H](c2ccc(Cl)cc2)n2c(s/c(=C/c3cc(Br)cc(I)c3O)c2=O)=N1. The van der Waals surface area contributed by atoms with Crippen molar-refractivity contribution < 1.29 is 9.90 Å². The summed E-state index contributed by atoms with van der Waals surface area (Å²) in [6, 6.07) is 19.0. The molecule has 3 aromatic carbocycles. The van der Waals surface area contributed by atoms with Crippen LogP contribution in [0.3, 0.4) is 0 Å². The van der Waals surface area contributed by atoms with Gasteiger partial charge in [0, 0.05) is 20.7 Å². The van der Waals surface area contributed by atoms with Gasteiger partial charge in [-0.05, 0) is 77.6 Å². The van der Waals surface area contributed by atoms with Gasteiger partial charge in [-0.2, -0.15) is 0 Å². The number of carbonyl (C=O) groups excluding carboxylic acids is 1. The molecule has 0 saturated carbocycles. The summed E-state index contributed by atoms with van der Waals surface area (Å²) in [7, 11) is 0. The lowest BCUT2D eigenvalue weighted by atomic mass is 9.95. The number of aromatic nitrogens is 1. The third kappa shape index (κ3) is 5.18. The maximum atomic E-state index is 13.8. The number of allylic oxidation sites excluding steroid dienone is 1. The fraction of sp³-hybridized carbons (Fsp3) is 0.0741. The Morgan fingerprint density at radius 1 is 1.19 bits per heavy atom. The van der Waals surface area contributed by atoms with Gasteiger partial charge in [0.25, 0.3) is 11.5 Å². The molecule has 0 unspecified atom stereocenters. The number of aromatic hydroxyl groups is 1. The van der Waals surface area contributed by atoms with Crippen LogP contribution < -0.4 is 20.2 Å². The second-order valence-electron chi connectivity index (χ2n) is 8.28. The fourth-order valence-corrected chi connectivity index (χ4v) is 6.84. The van der Waals surface area contributed by atoms with Crippen molar-refractivity contribution in [2.24, 2.45) is 4.99 Å². The molecule has 37 heavy (non-hydrogen) atoms. The number of amides is 1. The van der Waals surface area contributed by atoms with E-state index in [1.165, 1.54) is 15.9 Å². The first-order valence-corrected chi connectivity index (χ1v) is 14.1. The van der Waals surface area contributed by atoms with Gasteiger partial charge < -0.3 is 10.4 Å². The second kappa shape index (κ2) is 10.6. The Morgan fingerprint density at radius 3 is 2.59 bits per heavy atom. The Balaban J connectivity index is 1.70. The third-order valence-corrected chi connectivity index (χ3v) is 8.34. The Morgan fingerprint density at radius 2 is 1.89 bits per heavy atom. The van der Waals surface area contributed by atoms with Crippen molar-refractivity contribution in [3.05, 3.63) is 122 Å². The van der Waals surface area contributed by atoms with Crippen molar-refractivity contribution in [1.82, 2.24) is 4.57 Å². The van der Waals surface area contributed by atoms with E-state index in [4.69, 9.17) is 11.6 Å². The van der Waals surface area contributed by atoms with Gasteiger partial charge in [0.2, 0.25) is 0 Å². The van der Waals surface area contributed by atoms with Gasteiger partial charge in [-0.3, -0.25) is 14.2 Å². The zero-order valence-electron chi connectivity index (χ0n) is 19.2. The average Bonchev–Trinajstić information content (AvgIpc) is 3.16. The molecular formula is C27H18BrClIN3O3S. The van der Waals surface area contributed by atoms with E-state index in [2.05, 4.69) is 26.2 Å². The standard InChI is InChI=1S/C27H18BrClIN3O3S/c1-14-22(25(35)32-19-5-3-2-4-6-19)23(15-7-9-18(29)10-8-15)33-26(36)21(37-27(33)31-14)12-16-11-17(28)13-20(30)24(16)34/h2-13,23,34H,1H3,(H,32,35)/b21-12+/t23-/m0/s1. The molecule has 2 N–H and O–H groups in total. The molecule has 0 spiro atoms. The highest BCUT2D eigenvalue weighted by Gasteiger charge is 2.32. The van der Waals surface area contributed by atoms with E-state index in [0.29, 0.717) is 40.4 Å². The summed E-state index contributed by atoms with van der Waals surface area (Å²) >= 11 is 12.8.